The first-order valence-corrected chi connectivity index (χ1v) is 7.85. The van der Waals surface area contributed by atoms with Crippen molar-refractivity contribution < 1.29 is 4.74 Å². The molecule has 1 saturated heterocycles. The normalized spacial score (nSPS) is 19.1. The molecule has 2 aromatic rings. The maximum Gasteiger partial charge on any atom is 0.129 e. The summed E-state index contributed by atoms with van der Waals surface area (Å²) < 4.78 is 5.44. The SMILES string of the molecule is c1ccc2c(CNC3CC3)cc(N3CCOCC3)nc2c1. The van der Waals surface area contributed by atoms with Crippen LogP contribution in [0.2, 0.25) is 0 Å². The molecule has 110 valence electrons. The molecule has 4 heteroatoms. The molecule has 4 nitrogen and oxygen atoms in total. The van der Waals surface area contributed by atoms with E-state index in [1.165, 1.54) is 23.8 Å². The summed E-state index contributed by atoms with van der Waals surface area (Å²) in [6.45, 7) is 4.39. The molecular formula is C17H21N3O. The van der Waals surface area contributed by atoms with Crippen LogP contribution in [0.3, 0.4) is 0 Å². The number of morpholine rings is 1. The van der Waals surface area contributed by atoms with E-state index in [2.05, 4.69) is 40.5 Å². The van der Waals surface area contributed by atoms with Gasteiger partial charge in [0.1, 0.15) is 5.82 Å². The van der Waals surface area contributed by atoms with Gasteiger partial charge in [0, 0.05) is 31.1 Å². The lowest BCUT2D eigenvalue weighted by atomic mass is 10.1. The van der Waals surface area contributed by atoms with E-state index in [-0.39, 0.29) is 0 Å². The molecule has 1 aromatic heterocycles. The second-order valence-corrected chi connectivity index (χ2v) is 5.91. The van der Waals surface area contributed by atoms with Crippen molar-refractivity contribution in [3.05, 3.63) is 35.9 Å². The number of nitrogens with one attached hydrogen (secondary N) is 1. The molecule has 2 heterocycles. The Labute approximate surface area is 125 Å². The van der Waals surface area contributed by atoms with Gasteiger partial charge in [-0.05, 0) is 30.5 Å². The van der Waals surface area contributed by atoms with Gasteiger partial charge in [0.25, 0.3) is 0 Å². The molecular weight excluding hydrogens is 262 g/mol. The zero-order valence-corrected chi connectivity index (χ0v) is 12.2. The predicted octanol–water partition coefficient (Wildman–Crippen LogP) is 2.32. The zero-order chi connectivity index (χ0) is 14.1. The van der Waals surface area contributed by atoms with E-state index in [9.17, 15) is 0 Å². The van der Waals surface area contributed by atoms with Gasteiger partial charge in [-0.3, -0.25) is 0 Å². The average Bonchev–Trinajstić information content (AvgIpc) is 3.37. The largest absolute Gasteiger partial charge is 0.378 e. The van der Waals surface area contributed by atoms with Crippen molar-refractivity contribution in [2.24, 2.45) is 0 Å². The van der Waals surface area contributed by atoms with E-state index in [1.807, 2.05) is 0 Å². The second-order valence-electron chi connectivity index (χ2n) is 5.91. The van der Waals surface area contributed by atoms with Gasteiger partial charge in [-0.2, -0.15) is 0 Å². The number of fused-ring (bicyclic) bond motifs is 1. The third-order valence-corrected chi connectivity index (χ3v) is 4.28. The van der Waals surface area contributed by atoms with Crippen molar-refractivity contribution in [1.82, 2.24) is 10.3 Å². The number of para-hydroxylation sites is 1. The quantitative estimate of drug-likeness (QED) is 0.934. The smallest absolute Gasteiger partial charge is 0.129 e. The number of benzene rings is 1. The Hall–Kier alpha value is -1.65. The first-order valence-electron chi connectivity index (χ1n) is 7.85. The molecule has 1 N–H and O–H groups in total. The molecule has 0 radical (unpaired) electrons. The molecule has 1 aromatic carbocycles. The molecule has 0 bridgehead atoms. The fourth-order valence-electron chi connectivity index (χ4n) is 2.87. The molecule has 1 aliphatic heterocycles. The van der Waals surface area contributed by atoms with Crippen LogP contribution in [0.4, 0.5) is 5.82 Å². The van der Waals surface area contributed by atoms with Crippen LogP contribution >= 0.6 is 0 Å². The topological polar surface area (TPSA) is 37.4 Å². The molecule has 2 aliphatic rings. The van der Waals surface area contributed by atoms with Crippen molar-refractivity contribution in [3.8, 4) is 0 Å². The van der Waals surface area contributed by atoms with E-state index in [4.69, 9.17) is 9.72 Å². The summed E-state index contributed by atoms with van der Waals surface area (Å²) in [7, 11) is 0. The predicted molar refractivity (Wildman–Crippen MR) is 84.6 cm³/mol. The molecule has 1 saturated carbocycles. The summed E-state index contributed by atoms with van der Waals surface area (Å²) in [5.41, 5.74) is 2.45. The van der Waals surface area contributed by atoms with Gasteiger partial charge >= 0.3 is 0 Å². The Balaban J connectivity index is 1.69. The molecule has 0 atom stereocenters. The average molecular weight is 283 g/mol. The van der Waals surface area contributed by atoms with Gasteiger partial charge in [-0.25, -0.2) is 4.98 Å². The Morgan fingerprint density at radius 2 is 2.00 bits per heavy atom. The Bertz CT molecular complexity index is 633. The second kappa shape index (κ2) is 5.62. The van der Waals surface area contributed by atoms with Gasteiger partial charge in [-0.1, -0.05) is 18.2 Å². The lowest BCUT2D eigenvalue weighted by Crippen LogP contribution is -2.36. The van der Waals surface area contributed by atoms with Crippen molar-refractivity contribution in [1.29, 1.82) is 0 Å². The third-order valence-electron chi connectivity index (χ3n) is 4.28. The first kappa shape index (κ1) is 13.0. The van der Waals surface area contributed by atoms with Crippen LogP contribution < -0.4 is 10.2 Å². The maximum absolute atomic E-state index is 5.44. The number of nitrogens with zero attached hydrogens (tertiary/aromatic N) is 2. The minimum atomic E-state index is 0.726. The molecule has 21 heavy (non-hydrogen) atoms. The van der Waals surface area contributed by atoms with E-state index in [0.29, 0.717) is 0 Å². The highest BCUT2D eigenvalue weighted by Crippen LogP contribution is 2.25. The van der Waals surface area contributed by atoms with Crippen molar-refractivity contribution in [3.63, 3.8) is 0 Å². The summed E-state index contributed by atoms with van der Waals surface area (Å²) in [6, 6.07) is 11.4. The lowest BCUT2D eigenvalue weighted by molar-refractivity contribution is 0.122. The van der Waals surface area contributed by atoms with Crippen LogP contribution in [-0.2, 0) is 11.3 Å². The van der Waals surface area contributed by atoms with Crippen LogP contribution in [0.1, 0.15) is 18.4 Å². The number of anilines is 1. The van der Waals surface area contributed by atoms with E-state index >= 15 is 0 Å². The van der Waals surface area contributed by atoms with Crippen LogP contribution in [0.5, 0.6) is 0 Å². The van der Waals surface area contributed by atoms with Crippen LogP contribution in [0, 0.1) is 0 Å². The molecule has 0 spiro atoms. The van der Waals surface area contributed by atoms with Gasteiger partial charge in [0.15, 0.2) is 0 Å². The molecule has 1 aliphatic carbocycles. The molecule has 0 unspecified atom stereocenters. The number of hydrogen-bond donors (Lipinski definition) is 1. The summed E-state index contributed by atoms with van der Waals surface area (Å²) in [5.74, 6) is 1.09. The minimum Gasteiger partial charge on any atom is -0.378 e. The first-order chi connectivity index (χ1) is 10.4. The summed E-state index contributed by atoms with van der Waals surface area (Å²) >= 11 is 0. The fourth-order valence-corrected chi connectivity index (χ4v) is 2.87. The molecule has 2 fully saturated rings. The standard InChI is InChI=1S/C17H21N3O/c1-2-4-16-15(3-1)13(12-18-14-5-6-14)11-17(19-16)20-7-9-21-10-8-20/h1-4,11,14,18H,5-10,12H2. The summed E-state index contributed by atoms with van der Waals surface area (Å²) in [4.78, 5) is 7.17. The maximum atomic E-state index is 5.44. The third kappa shape index (κ3) is 2.87. The summed E-state index contributed by atoms with van der Waals surface area (Å²) in [6.07, 6.45) is 2.64. The van der Waals surface area contributed by atoms with E-state index < -0.39 is 0 Å². The monoisotopic (exact) mass is 283 g/mol. The van der Waals surface area contributed by atoms with Crippen LogP contribution in [0.25, 0.3) is 10.9 Å². The number of pyridine rings is 1. The zero-order valence-electron chi connectivity index (χ0n) is 12.2. The van der Waals surface area contributed by atoms with Gasteiger partial charge < -0.3 is 15.0 Å². The molecule has 0 amide bonds. The van der Waals surface area contributed by atoms with Crippen LogP contribution in [0.15, 0.2) is 30.3 Å². The van der Waals surface area contributed by atoms with Crippen molar-refractivity contribution in [2.75, 3.05) is 31.2 Å². The number of aromatic nitrogens is 1. The lowest BCUT2D eigenvalue weighted by Gasteiger charge is -2.28. The minimum absolute atomic E-state index is 0.726. The van der Waals surface area contributed by atoms with E-state index in [0.717, 1.165) is 50.2 Å². The highest BCUT2D eigenvalue weighted by molar-refractivity contribution is 5.84. The Morgan fingerprint density at radius 1 is 1.19 bits per heavy atom. The fraction of sp³-hybridized carbons (Fsp3) is 0.471. The Morgan fingerprint density at radius 3 is 2.81 bits per heavy atom. The van der Waals surface area contributed by atoms with Gasteiger partial charge in [0.2, 0.25) is 0 Å². The number of hydrogen-bond acceptors (Lipinski definition) is 4. The van der Waals surface area contributed by atoms with Gasteiger partial charge in [-0.15, -0.1) is 0 Å². The van der Waals surface area contributed by atoms with Gasteiger partial charge in [0.05, 0.1) is 18.7 Å². The van der Waals surface area contributed by atoms with Crippen LogP contribution in [-0.4, -0.2) is 37.3 Å². The highest BCUT2D eigenvalue weighted by Gasteiger charge is 2.21. The van der Waals surface area contributed by atoms with Crippen molar-refractivity contribution >= 4 is 16.7 Å². The van der Waals surface area contributed by atoms with E-state index in [1.54, 1.807) is 0 Å². The Kier molecular flexibility index (Phi) is 3.49. The highest BCUT2D eigenvalue weighted by atomic mass is 16.5. The number of rotatable bonds is 4. The van der Waals surface area contributed by atoms with Crippen molar-refractivity contribution in [2.45, 2.75) is 25.4 Å². The number of ether oxygens (including phenoxy) is 1. The molecule has 4 rings (SSSR count). The summed E-state index contributed by atoms with van der Waals surface area (Å²) in [5, 5.41) is 4.89.